The van der Waals surface area contributed by atoms with Crippen molar-refractivity contribution in [1.29, 1.82) is 0 Å². The molecular formula is C13H8Cl3N3. The van der Waals surface area contributed by atoms with E-state index in [1.54, 1.807) is 6.07 Å². The molecule has 0 fully saturated rings. The van der Waals surface area contributed by atoms with Crippen LogP contribution in [-0.2, 0) is 0 Å². The van der Waals surface area contributed by atoms with Gasteiger partial charge in [-0.25, -0.2) is 9.97 Å². The summed E-state index contributed by atoms with van der Waals surface area (Å²) in [7, 11) is 0. The molecule has 0 bridgehead atoms. The van der Waals surface area contributed by atoms with Crippen LogP contribution in [0.25, 0.3) is 22.6 Å². The Balaban J connectivity index is 2.17. The molecule has 2 heterocycles. The fourth-order valence-corrected chi connectivity index (χ4v) is 2.23. The summed E-state index contributed by atoms with van der Waals surface area (Å²) >= 11 is 17.8. The molecule has 3 aromatic rings. The molecule has 3 nitrogen and oxygen atoms in total. The Morgan fingerprint density at radius 3 is 2.53 bits per heavy atom. The monoisotopic (exact) mass is 311 g/mol. The van der Waals surface area contributed by atoms with Crippen LogP contribution in [0.3, 0.4) is 0 Å². The number of aromatic nitrogens is 3. The van der Waals surface area contributed by atoms with Crippen LogP contribution < -0.4 is 0 Å². The van der Waals surface area contributed by atoms with Gasteiger partial charge in [0.05, 0.1) is 10.5 Å². The normalized spacial score (nSPS) is 11.2. The van der Waals surface area contributed by atoms with Crippen molar-refractivity contribution in [1.82, 2.24) is 15.0 Å². The maximum absolute atomic E-state index is 6.01. The molecule has 6 heteroatoms. The largest absolute Gasteiger partial charge is 0.337 e. The smallest absolute Gasteiger partial charge is 0.179 e. The van der Waals surface area contributed by atoms with E-state index in [2.05, 4.69) is 15.0 Å². The van der Waals surface area contributed by atoms with E-state index in [1.807, 2.05) is 25.1 Å². The SMILES string of the molecule is Cc1cc(-c2nc3nc(Cl)c(Cl)cc3[nH]2)ccc1Cl. The van der Waals surface area contributed by atoms with Gasteiger partial charge in [-0.15, -0.1) is 0 Å². The molecule has 0 atom stereocenters. The third-order valence-electron chi connectivity index (χ3n) is 2.82. The number of rotatable bonds is 1. The van der Waals surface area contributed by atoms with Crippen LogP contribution in [0.2, 0.25) is 15.2 Å². The van der Waals surface area contributed by atoms with Crippen molar-refractivity contribution < 1.29 is 0 Å². The van der Waals surface area contributed by atoms with Crippen LogP contribution in [-0.4, -0.2) is 15.0 Å². The standard InChI is InChI=1S/C13H8Cl3N3/c1-6-4-7(2-3-8(6)14)12-17-10-5-9(15)11(16)18-13(10)19-12/h2-5H,1H3,(H,17,18,19). The number of fused-ring (bicyclic) bond motifs is 1. The Morgan fingerprint density at radius 1 is 1.00 bits per heavy atom. The Bertz CT molecular complexity index is 741. The molecule has 2 aromatic heterocycles. The van der Waals surface area contributed by atoms with Gasteiger partial charge < -0.3 is 4.98 Å². The van der Waals surface area contributed by atoms with Gasteiger partial charge in [0.1, 0.15) is 11.0 Å². The molecule has 0 aliphatic heterocycles. The number of imidazole rings is 1. The van der Waals surface area contributed by atoms with Crippen molar-refractivity contribution in [3.05, 3.63) is 45.0 Å². The molecule has 1 aromatic carbocycles. The summed E-state index contributed by atoms with van der Waals surface area (Å²) < 4.78 is 0. The molecule has 1 N–H and O–H groups in total. The van der Waals surface area contributed by atoms with E-state index in [0.29, 0.717) is 16.5 Å². The number of benzene rings is 1. The van der Waals surface area contributed by atoms with Crippen LogP contribution >= 0.6 is 34.8 Å². The third-order valence-corrected chi connectivity index (χ3v) is 3.91. The van der Waals surface area contributed by atoms with Gasteiger partial charge >= 0.3 is 0 Å². The van der Waals surface area contributed by atoms with E-state index in [9.17, 15) is 0 Å². The topological polar surface area (TPSA) is 41.6 Å². The molecule has 0 aliphatic rings. The highest BCUT2D eigenvalue weighted by Gasteiger charge is 2.10. The van der Waals surface area contributed by atoms with Gasteiger partial charge in [0.15, 0.2) is 5.65 Å². The third kappa shape index (κ3) is 2.29. The number of halogens is 3. The van der Waals surface area contributed by atoms with Gasteiger partial charge in [0.2, 0.25) is 0 Å². The lowest BCUT2D eigenvalue weighted by atomic mass is 10.1. The van der Waals surface area contributed by atoms with Crippen LogP contribution in [0.15, 0.2) is 24.3 Å². The van der Waals surface area contributed by atoms with Crippen molar-refractivity contribution in [2.45, 2.75) is 6.92 Å². The molecule has 0 radical (unpaired) electrons. The zero-order chi connectivity index (χ0) is 13.6. The first kappa shape index (κ1) is 12.7. The Morgan fingerprint density at radius 2 is 1.79 bits per heavy atom. The minimum atomic E-state index is 0.250. The second kappa shape index (κ2) is 4.67. The molecule has 0 saturated carbocycles. The minimum absolute atomic E-state index is 0.250. The van der Waals surface area contributed by atoms with E-state index >= 15 is 0 Å². The van der Waals surface area contributed by atoms with Crippen molar-refractivity contribution in [2.75, 3.05) is 0 Å². The lowest BCUT2D eigenvalue weighted by Gasteiger charge is -2.00. The Labute approximate surface area is 124 Å². The van der Waals surface area contributed by atoms with Gasteiger partial charge in [0, 0.05) is 10.6 Å². The van der Waals surface area contributed by atoms with Crippen LogP contribution in [0, 0.1) is 6.92 Å². The summed E-state index contributed by atoms with van der Waals surface area (Å²) in [6.07, 6.45) is 0. The number of aryl methyl sites for hydroxylation is 1. The highest BCUT2D eigenvalue weighted by atomic mass is 35.5. The first-order chi connectivity index (χ1) is 9.04. The fourth-order valence-electron chi connectivity index (χ4n) is 1.82. The maximum atomic E-state index is 6.01. The summed E-state index contributed by atoms with van der Waals surface area (Å²) in [4.78, 5) is 11.7. The molecule has 0 spiro atoms. The molecule has 0 amide bonds. The summed E-state index contributed by atoms with van der Waals surface area (Å²) in [5, 5.41) is 1.38. The number of nitrogens with one attached hydrogen (secondary N) is 1. The zero-order valence-corrected chi connectivity index (χ0v) is 12.1. The second-order valence-electron chi connectivity index (χ2n) is 4.18. The minimum Gasteiger partial charge on any atom is -0.337 e. The number of aromatic amines is 1. The van der Waals surface area contributed by atoms with Gasteiger partial charge in [-0.3, -0.25) is 0 Å². The average molecular weight is 313 g/mol. The first-order valence-electron chi connectivity index (χ1n) is 5.53. The van der Waals surface area contributed by atoms with Gasteiger partial charge in [0.25, 0.3) is 0 Å². The molecule has 0 saturated heterocycles. The second-order valence-corrected chi connectivity index (χ2v) is 5.35. The highest BCUT2D eigenvalue weighted by Crippen LogP contribution is 2.27. The van der Waals surface area contributed by atoms with Crippen LogP contribution in [0.1, 0.15) is 5.56 Å². The molecule has 0 aliphatic carbocycles. The van der Waals surface area contributed by atoms with Crippen LogP contribution in [0.4, 0.5) is 0 Å². The lowest BCUT2D eigenvalue weighted by molar-refractivity contribution is 1.29. The fraction of sp³-hybridized carbons (Fsp3) is 0.0769. The van der Waals surface area contributed by atoms with Gasteiger partial charge in [-0.2, -0.15) is 0 Å². The molecular weight excluding hydrogens is 305 g/mol. The highest BCUT2D eigenvalue weighted by molar-refractivity contribution is 6.41. The van der Waals surface area contributed by atoms with E-state index in [4.69, 9.17) is 34.8 Å². The zero-order valence-electron chi connectivity index (χ0n) is 9.84. The maximum Gasteiger partial charge on any atom is 0.179 e. The lowest BCUT2D eigenvalue weighted by Crippen LogP contribution is -1.82. The molecule has 19 heavy (non-hydrogen) atoms. The number of hydrogen-bond acceptors (Lipinski definition) is 2. The predicted molar refractivity (Wildman–Crippen MR) is 79.1 cm³/mol. The first-order valence-corrected chi connectivity index (χ1v) is 6.66. The number of pyridine rings is 1. The number of hydrogen-bond donors (Lipinski definition) is 1. The molecule has 3 rings (SSSR count). The Kier molecular flexibility index (Phi) is 3.13. The van der Waals surface area contributed by atoms with Crippen molar-refractivity contribution in [3.8, 4) is 11.4 Å². The average Bonchev–Trinajstić information content (AvgIpc) is 2.76. The summed E-state index contributed by atoms with van der Waals surface area (Å²) in [5.74, 6) is 0.709. The van der Waals surface area contributed by atoms with E-state index in [0.717, 1.165) is 21.7 Å². The van der Waals surface area contributed by atoms with Crippen molar-refractivity contribution in [2.24, 2.45) is 0 Å². The summed E-state index contributed by atoms with van der Waals surface area (Å²) in [6, 6.07) is 7.41. The number of nitrogens with zero attached hydrogens (tertiary/aromatic N) is 2. The van der Waals surface area contributed by atoms with Crippen molar-refractivity contribution in [3.63, 3.8) is 0 Å². The van der Waals surface area contributed by atoms with E-state index in [1.165, 1.54) is 0 Å². The van der Waals surface area contributed by atoms with Gasteiger partial charge in [-0.05, 0) is 36.8 Å². The van der Waals surface area contributed by atoms with Crippen LogP contribution in [0.5, 0.6) is 0 Å². The molecule has 0 unspecified atom stereocenters. The van der Waals surface area contributed by atoms with Crippen molar-refractivity contribution >= 4 is 46.0 Å². The molecule has 96 valence electrons. The Hall–Kier alpha value is -1.29. The quantitative estimate of drug-likeness (QED) is 0.650. The van der Waals surface area contributed by atoms with E-state index < -0.39 is 0 Å². The predicted octanol–water partition coefficient (Wildman–Crippen LogP) is 4.89. The summed E-state index contributed by atoms with van der Waals surface area (Å²) in [6.45, 7) is 1.94. The van der Waals surface area contributed by atoms with E-state index in [-0.39, 0.29) is 5.15 Å². The van der Waals surface area contributed by atoms with Gasteiger partial charge in [-0.1, -0.05) is 34.8 Å². The summed E-state index contributed by atoms with van der Waals surface area (Å²) in [5.41, 5.74) is 3.21. The number of H-pyrrole nitrogens is 1.